The molecule has 0 bridgehead atoms. The fourth-order valence-corrected chi connectivity index (χ4v) is 4.43. The summed E-state index contributed by atoms with van der Waals surface area (Å²) in [5, 5.41) is 19.9. The number of ether oxygens (including phenoxy) is 1. The number of carbonyl (C=O) groups excluding carboxylic acids is 2. The highest BCUT2D eigenvalue weighted by Gasteiger charge is 2.38. The van der Waals surface area contributed by atoms with E-state index in [1.54, 1.807) is 29.0 Å². The van der Waals surface area contributed by atoms with E-state index < -0.39 is 12.1 Å². The average molecular weight is 614 g/mol. The number of piperidine rings is 1. The van der Waals surface area contributed by atoms with Crippen LogP contribution in [0.1, 0.15) is 33.6 Å². The van der Waals surface area contributed by atoms with Gasteiger partial charge < -0.3 is 30.7 Å². The molecule has 15 heteroatoms. The molecule has 1 aromatic carbocycles. The number of hydrogen-bond acceptors (Lipinski definition) is 8. The van der Waals surface area contributed by atoms with Crippen LogP contribution in [0, 0.1) is 0 Å². The number of nitrogens with zero attached hydrogens (tertiary/aromatic N) is 2. The standard InChI is InChI=1S/C24H26ClN5O3S.C2HF3O2/c1-30(2)16-4-5-18(21(11-16)33-17-7-9-26-10-8-17)23(31)28-20-14-34-13-19(20)24(32)29-22-6-3-15(25)12-27-22;3-2(4,5)1(6)7/h3-6,11-14,17,26H,7-10H2,1-2H3,(H,28,31)(H,27,29,32);(H,6,7). The zero-order chi connectivity index (χ0) is 30.2. The molecule has 0 aliphatic carbocycles. The molecular weight excluding hydrogens is 587 g/mol. The van der Waals surface area contributed by atoms with Crippen molar-refractivity contribution >= 4 is 57.9 Å². The van der Waals surface area contributed by atoms with Crippen LogP contribution in [0.25, 0.3) is 0 Å². The van der Waals surface area contributed by atoms with Gasteiger partial charge in [-0.15, -0.1) is 11.3 Å². The number of carboxylic acids is 1. The second-order valence-electron chi connectivity index (χ2n) is 8.91. The summed E-state index contributed by atoms with van der Waals surface area (Å²) in [6.45, 7) is 1.77. The Morgan fingerprint density at radius 3 is 2.32 bits per heavy atom. The lowest BCUT2D eigenvalue weighted by Gasteiger charge is -2.26. The molecule has 1 aliphatic rings. The van der Waals surface area contributed by atoms with Crippen LogP contribution in [-0.2, 0) is 4.79 Å². The lowest BCUT2D eigenvalue weighted by Crippen LogP contribution is -2.34. The van der Waals surface area contributed by atoms with Crippen LogP contribution in [-0.4, -0.2) is 67.3 Å². The highest BCUT2D eigenvalue weighted by Crippen LogP contribution is 2.30. The molecule has 1 fully saturated rings. The summed E-state index contributed by atoms with van der Waals surface area (Å²) in [5.41, 5.74) is 2.12. The Morgan fingerprint density at radius 2 is 1.73 bits per heavy atom. The van der Waals surface area contributed by atoms with E-state index in [9.17, 15) is 22.8 Å². The number of carbonyl (C=O) groups is 3. The average Bonchev–Trinajstić information content (AvgIpc) is 3.38. The van der Waals surface area contributed by atoms with E-state index in [0.29, 0.717) is 33.4 Å². The van der Waals surface area contributed by atoms with Crippen LogP contribution in [0.4, 0.5) is 30.4 Å². The number of nitrogens with one attached hydrogen (secondary N) is 3. The molecule has 0 radical (unpaired) electrons. The molecule has 3 aromatic rings. The van der Waals surface area contributed by atoms with E-state index in [0.717, 1.165) is 31.6 Å². The van der Waals surface area contributed by atoms with E-state index in [1.807, 2.05) is 31.1 Å². The molecule has 1 saturated heterocycles. The van der Waals surface area contributed by atoms with Crippen molar-refractivity contribution in [3.8, 4) is 5.75 Å². The Morgan fingerprint density at radius 1 is 1.07 bits per heavy atom. The maximum atomic E-state index is 13.3. The van der Waals surface area contributed by atoms with Gasteiger partial charge in [0.25, 0.3) is 11.8 Å². The molecular formula is C26H27ClF3N5O5S. The minimum absolute atomic E-state index is 0.0413. The van der Waals surface area contributed by atoms with Crippen LogP contribution in [0.3, 0.4) is 0 Å². The second kappa shape index (κ2) is 14.1. The highest BCUT2D eigenvalue weighted by atomic mass is 35.5. The van der Waals surface area contributed by atoms with Crippen LogP contribution in [0.15, 0.2) is 47.3 Å². The van der Waals surface area contributed by atoms with Gasteiger partial charge in [-0.1, -0.05) is 11.6 Å². The maximum absolute atomic E-state index is 13.3. The molecule has 0 spiro atoms. The zero-order valence-corrected chi connectivity index (χ0v) is 23.5. The number of pyridine rings is 1. The highest BCUT2D eigenvalue weighted by molar-refractivity contribution is 7.08. The molecule has 4 rings (SSSR count). The van der Waals surface area contributed by atoms with Crippen molar-refractivity contribution in [2.45, 2.75) is 25.1 Å². The summed E-state index contributed by atoms with van der Waals surface area (Å²) in [5.74, 6) is -2.57. The number of rotatable bonds is 7. The van der Waals surface area contributed by atoms with Gasteiger partial charge in [-0.25, -0.2) is 9.78 Å². The lowest BCUT2D eigenvalue weighted by molar-refractivity contribution is -0.192. The van der Waals surface area contributed by atoms with E-state index in [1.165, 1.54) is 17.5 Å². The SMILES string of the molecule is CN(C)c1ccc(C(=O)Nc2cscc2C(=O)Nc2ccc(Cl)cn2)c(OC2CCNCC2)c1.O=C(O)C(F)(F)F. The summed E-state index contributed by atoms with van der Waals surface area (Å²) in [7, 11) is 3.88. The molecule has 4 N–H and O–H groups in total. The summed E-state index contributed by atoms with van der Waals surface area (Å²) in [4.78, 5) is 41.0. The normalized spacial score (nSPS) is 13.4. The number of halogens is 4. The third-order valence-corrected chi connectivity index (χ3v) is 6.64. The molecule has 2 aromatic heterocycles. The fraction of sp³-hybridized carbons (Fsp3) is 0.308. The van der Waals surface area contributed by atoms with Crippen molar-refractivity contribution in [3.05, 3.63) is 63.4 Å². The number of carboxylic acid groups (broad SMARTS) is 1. The van der Waals surface area contributed by atoms with Gasteiger partial charge in [0, 0.05) is 42.8 Å². The lowest BCUT2D eigenvalue weighted by atomic mass is 10.1. The van der Waals surface area contributed by atoms with Gasteiger partial charge in [-0.05, 0) is 50.2 Å². The first-order valence-corrected chi connectivity index (χ1v) is 13.5. The maximum Gasteiger partial charge on any atom is 0.490 e. The van der Waals surface area contributed by atoms with Crippen molar-refractivity contribution in [3.63, 3.8) is 0 Å². The number of amides is 2. The Kier molecular flexibility index (Phi) is 10.9. The largest absolute Gasteiger partial charge is 0.490 e. The molecule has 10 nitrogen and oxygen atoms in total. The van der Waals surface area contributed by atoms with Crippen molar-refractivity contribution in [2.75, 3.05) is 42.7 Å². The Bertz CT molecular complexity index is 1360. The Hall–Kier alpha value is -3.88. The third-order valence-electron chi connectivity index (χ3n) is 5.67. The molecule has 1 aliphatic heterocycles. The van der Waals surface area contributed by atoms with Crippen molar-refractivity contribution in [2.24, 2.45) is 0 Å². The van der Waals surface area contributed by atoms with Gasteiger partial charge in [0.15, 0.2) is 0 Å². The van der Waals surface area contributed by atoms with E-state index in [2.05, 4.69) is 20.9 Å². The Labute approximate surface area is 242 Å². The van der Waals surface area contributed by atoms with Crippen LogP contribution in [0.5, 0.6) is 5.75 Å². The number of thiophene rings is 1. The Balaban J connectivity index is 0.000000587. The molecule has 0 atom stereocenters. The van der Waals surface area contributed by atoms with Gasteiger partial charge in [0.2, 0.25) is 0 Å². The van der Waals surface area contributed by atoms with Crippen LogP contribution < -0.4 is 25.6 Å². The summed E-state index contributed by atoms with van der Waals surface area (Å²) < 4.78 is 38.0. The number of alkyl halides is 3. The van der Waals surface area contributed by atoms with Crippen LogP contribution >= 0.6 is 22.9 Å². The number of aliphatic carboxylic acids is 1. The first-order chi connectivity index (χ1) is 19.3. The van der Waals surface area contributed by atoms with Gasteiger partial charge in [0.1, 0.15) is 17.7 Å². The number of hydrogen-bond donors (Lipinski definition) is 4. The van der Waals surface area contributed by atoms with E-state index >= 15 is 0 Å². The summed E-state index contributed by atoms with van der Waals surface area (Å²) >= 11 is 7.17. The quantitative estimate of drug-likeness (QED) is 0.288. The van der Waals surface area contributed by atoms with E-state index in [4.69, 9.17) is 26.2 Å². The predicted octanol–water partition coefficient (Wildman–Crippen LogP) is 5.13. The predicted molar refractivity (Wildman–Crippen MR) is 150 cm³/mol. The van der Waals surface area contributed by atoms with Gasteiger partial charge in [0.05, 0.1) is 21.8 Å². The summed E-state index contributed by atoms with van der Waals surface area (Å²) in [6.07, 6.45) is -1.84. The third kappa shape index (κ3) is 9.33. The van der Waals surface area contributed by atoms with Gasteiger partial charge in [-0.3, -0.25) is 9.59 Å². The first-order valence-electron chi connectivity index (χ1n) is 12.1. The second-order valence-corrected chi connectivity index (χ2v) is 10.1. The smallest absolute Gasteiger partial charge is 0.489 e. The van der Waals surface area contributed by atoms with Crippen molar-refractivity contribution < 1.29 is 37.4 Å². The molecule has 0 unspecified atom stereocenters. The minimum atomic E-state index is -5.08. The van der Waals surface area contributed by atoms with Gasteiger partial charge >= 0.3 is 12.1 Å². The van der Waals surface area contributed by atoms with Crippen molar-refractivity contribution in [1.82, 2.24) is 10.3 Å². The first kappa shape index (κ1) is 31.6. The number of anilines is 3. The van der Waals surface area contributed by atoms with E-state index in [-0.39, 0.29) is 17.9 Å². The molecule has 41 heavy (non-hydrogen) atoms. The molecule has 0 saturated carbocycles. The monoisotopic (exact) mass is 613 g/mol. The molecule has 2 amide bonds. The molecule has 220 valence electrons. The summed E-state index contributed by atoms with van der Waals surface area (Å²) in [6, 6.07) is 8.76. The van der Waals surface area contributed by atoms with Gasteiger partial charge in [-0.2, -0.15) is 13.2 Å². The van der Waals surface area contributed by atoms with Crippen LogP contribution in [0.2, 0.25) is 5.02 Å². The number of aromatic nitrogens is 1. The fourth-order valence-electron chi connectivity index (χ4n) is 3.56. The minimum Gasteiger partial charge on any atom is -0.489 e. The molecule has 3 heterocycles. The van der Waals surface area contributed by atoms with Crippen molar-refractivity contribution in [1.29, 1.82) is 0 Å². The topological polar surface area (TPSA) is 133 Å². The number of benzene rings is 1. The zero-order valence-electron chi connectivity index (χ0n) is 21.9.